The van der Waals surface area contributed by atoms with Gasteiger partial charge in [0.05, 0.1) is 14.2 Å². The molecule has 1 aliphatic heterocycles. The minimum atomic E-state index is -6.00. The largest absolute Gasteiger partial charge is 0.673 e. The maximum absolute atomic E-state index is 9.75. The second-order valence-corrected chi connectivity index (χ2v) is 8.57. The summed E-state index contributed by atoms with van der Waals surface area (Å²) >= 11 is 0. The molecule has 8 heteroatoms. The zero-order valence-electron chi connectivity index (χ0n) is 15.5. The van der Waals surface area contributed by atoms with Gasteiger partial charge in [-0.1, -0.05) is 67.2 Å². The van der Waals surface area contributed by atoms with Crippen LogP contribution in [0.3, 0.4) is 0 Å². The Bertz CT molecular complexity index is 793. The molecule has 0 unspecified atom stereocenters. The highest BCUT2D eigenvalue weighted by atomic mass is 31.2. The Balaban J connectivity index is 0.000000500. The number of benzene rings is 2. The van der Waals surface area contributed by atoms with Crippen molar-refractivity contribution < 1.29 is 26.3 Å². The molecule has 2 aromatic rings. The smallest absolute Gasteiger partial charge is 0.418 e. The summed E-state index contributed by atoms with van der Waals surface area (Å²) in [6, 6.07) is 20.5. The molecule has 0 radical (unpaired) electrons. The molecule has 0 fully saturated rings. The average molecular weight is 410 g/mol. The van der Waals surface area contributed by atoms with Crippen molar-refractivity contribution in [3.8, 4) is 0 Å². The van der Waals surface area contributed by atoms with E-state index in [0.717, 1.165) is 27.3 Å². The Kier molecular flexibility index (Phi) is 7.36. The first-order chi connectivity index (χ1) is 13.2. The summed E-state index contributed by atoms with van der Waals surface area (Å²) in [5.41, 5.74) is 3.16. The standard InChI is InChI=1S/C20H20O2P.BF4/c1-16-14-19(17-10-6-4-7-11-17)23(21-2,22-3)20(15-16)18-12-8-5-9-13-18;2-1(3,4)5/h4-15H,1H2,2-3H3;/q+1;-1. The van der Waals surface area contributed by atoms with Gasteiger partial charge >= 0.3 is 15.0 Å². The summed E-state index contributed by atoms with van der Waals surface area (Å²) in [5, 5.41) is 2.13. The lowest BCUT2D eigenvalue weighted by Gasteiger charge is -2.28. The van der Waals surface area contributed by atoms with Gasteiger partial charge < -0.3 is 17.3 Å². The first-order valence-electron chi connectivity index (χ1n) is 8.33. The number of halogens is 4. The maximum Gasteiger partial charge on any atom is 0.673 e. The number of hydrogen-bond donors (Lipinski definition) is 0. The molecule has 0 bridgehead atoms. The fraction of sp³-hybridized carbons (Fsp3) is 0.100. The minimum Gasteiger partial charge on any atom is -0.418 e. The Morgan fingerprint density at radius 1 is 0.714 bits per heavy atom. The van der Waals surface area contributed by atoms with E-state index < -0.39 is 15.0 Å². The summed E-state index contributed by atoms with van der Waals surface area (Å²) < 4.78 is 51.0. The van der Waals surface area contributed by atoms with Gasteiger partial charge in [-0.3, -0.25) is 0 Å². The first-order valence-corrected chi connectivity index (χ1v) is 9.96. The molecule has 0 saturated carbocycles. The van der Waals surface area contributed by atoms with Crippen LogP contribution >= 0.6 is 7.72 Å². The molecule has 3 rings (SSSR count). The molecule has 148 valence electrons. The van der Waals surface area contributed by atoms with E-state index in [2.05, 4.69) is 43.0 Å². The lowest BCUT2D eigenvalue weighted by atomic mass is 10.1. The quantitative estimate of drug-likeness (QED) is 0.305. The Morgan fingerprint density at radius 2 is 1.04 bits per heavy atom. The van der Waals surface area contributed by atoms with Crippen LogP contribution in [0.15, 0.2) is 85.0 Å². The van der Waals surface area contributed by atoms with Crippen molar-refractivity contribution in [1.29, 1.82) is 0 Å². The van der Waals surface area contributed by atoms with Gasteiger partial charge in [-0.2, -0.15) is 9.05 Å². The summed E-state index contributed by atoms with van der Waals surface area (Å²) in [6.07, 6.45) is 4.14. The third-order valence-corrected chi connectivity index (χ3v) is 7.00. The number of rotatable bonds is 4. The zero-order valence-corrected chi connectivity index (χ0v) is 16.4. The number of allylic oxidation sites excluding steroid dienone is 3. The third-order valence-electron chi connectivity index (χ3n) is 3.93. The first kappa shape index (κ1) is 22.1. The molecule has 2 nitrogen and oxygen atoms in total. The van der Waals surface area contributed by atoms with E-state index in [4.69, 9.17) is 9.05 Å². The molecule has 0 aromatic heterocycles. The second kappa shape index (κ2) is 9.33. The highest BCUT2D eigenvalue weighted by Crippen LogP contribution is 2.79. The second-order valence-electron chi connectivity index (χ2n) is 5.78. The van der Waals surface area contributed by atoms with Gasteiger partial charge in [0.25, 0.3) is 0 Å². The van der Waals surface area contributed by atoms with Crippen molar-refractivity contribution in [1.82, 2.24) is 0 Å². The number of hydrogen-bond acceptors (Lipinski definition) is 2. The highest BCUT2D eigenvalue weighted by Gasteiger charge is 2.53. The van der Waals surface area contributed by atoms with Crippen LogP contribution in [0.4, 0.5) is 17.3 Å². The predicted octanol–water partition coefficient (Wildman–Crippen LogP) is 7.08. The molecule has 0 aliphatic carbocycles. The predicted molar refractivity (Wildman–Crippen MR) is 109 cm³/mol. The van der Waals surface area contributed by atoms with E-state index in [0.29, 0.717) is 0 Å². The zero-order chi connectivity index (χ0) is 20.8. The lowest BCUT2D eigenvalue weighted by Crippen LogP contribution is -2.08. The van der Waals surface area contributed by atoms with Gasteiger partial charge in [0.1, 0.15) is 0 Å². The third kappa shape index (κ3) is 5.41. The molecule has 1 heterocycles. The topological polar surface area (TPSA) is 18.5 Å². The Labute approximate surface area is 162 Å². The van der Waals surface area contributed by atoms with Crippen molar-refractivity contribution in [3.05, 3.63) is 96.1 Å². The van der Waals surface area contributed by atoms with E-state index in [-0.39, 0.29) is 0 Å². The van der Waals surface area contributed by atoms with Crippen molar-refractivity contribution in [2.45, 2.75) is 0 Å². The summed E-state index contributed by atoms with van der Waals surface area (Å²) in [4.78, 5) is 0. The molecule has 1 aliphatic rings. The van der Waals surface area contributed by atoms with E-state index in [1.165, 1.54) is 0 Å². The lowest BCUT2D eigenvalue weighted by molar-refractivity contribution is 0.338. The normalized spacial score (nSPS) is 15.9. The van der Waals surface area contributed by atoms with Crippen LogP contribution in [0, 0.1) is 0 Å². The van der Waals surface area contributed by atoms with Gasteiger partial charge in [0.2, 0.25) is 0 Å². The fourth-order valence-electron chi connectivity index (χ4n) is 2.88. The summed E-state index contributed by atoms with van der Waals surface area (Å²) in [6.45, 7) is 4.15. The molecule has 0 spiro atoms. The Morgan fingerprint density at radius 3 is 1.32 bits per heavy atom. The SMILES string of the molecule is C=C1C=C(c2ccccc2)[P+](OC)(OC)C(c2ccccc2)=C1.F[B-](F)(F)F. The molecular weight excluding hydrogens is 390 g/mol. The van der Waals surface area contributed by atoms with Crippen LogP contribution in [0.25, 0.3) is 10.6 Å². The molecule has 0 N–H and O–H groups in total. The summed E-state index contributed by atoms with van der Waals surface area (Å²) in [5.74, 6) is 0. The molecule has 28 heavy (non-hydrogen) atoms. The minimum absolute atomic E-state index is 0.951. The molecule has 0 saturated heterocycles. The monoisotopic (exact) mass is 410 g/mol. The molecule has 0 atom stereocenters. The van der Waals surface area contributed by atoms with Crippen molar-refractivity contribution in [2.75, 3.05) is 14.2 Å². The van der Waals surface area contributed by atoms with Crippen molar-refractivity contribution in [2.24, 2.45) is 0 Å². The van der Waals surface area contributed by atoms with Crippen LogP contribution in [0.5, 0.6) is 0 Å². The van der Waals surface area contributed by atoms with E-state index in [1.54, 1.807) is 14.2 Å². The van der Waals surface area contributed by atoms with Crippen LogP contribution in [-0.2, 0) is 9.05 Å². The molecular formula is C20H20BF4O2P. The Hall–Kier alpha value is -2.21. The van der Waals surface area contributed by atoms with Gasteiger partial charge in [0, 0.05) is 11.1 Å². The van der Waals surface area contributed by atoms with E-state index >= 15 is 0 Å². The van der Waals surface area contributed by atoms with Crippen molar-refractivity contribution >= 4 is 25.6 Å². The van der Waals surface area contributed by atoms with Crippen molar-refractivity contribution in [3.63, 3.8) is 0 Å². The van der Waals surface area contributed by atoms with Gasteiger partial charge in [-0.05, 0) is 17.7 Å². The average Bonchev–Trinajstić information content (AvgIpc) is 2.67. The van der Waals surface area contributed by atoms with E-state index in [1.807, 2.05) is 36.4 Å². The van der Waals surface area contributed by atoms with Gasteiger partial charge in [-0.25, -0.2) is 0 Å². The van der Waals surface area contributed by atoms with Crippen LogP contribution < -0.4 is 0 Å². The van der Waals surface area contributed by atoms with Crippen LogP contribution in [0.1, 0.15) is 11.1 Å². The van der Waals surface area contributed by atoms with Crippen LogP contribution in [-0.4, -0.2) is 21.5 Å². The molecule has 2 aromatic carbocycles. The molecule has 0 amide bonds. The van der Waals surface area contributed by atoms with Crippen LogP contribution in [0.2, 0.25) is 0 Å². The van der Waals surface area contributed by atoms with Gasteiger partial charge in [0.15, 0.2) is 10.6 Å². The fourth-order valence-corrected chi connectivity index (χ4v) is 5.73. The summed E-state index contributed by atoms with van der Waals surface area (Å²) in [7, 11) is -4.95. The van der Waals surface area contributed by atoms with Gasteiger partial charge in [-0.15, -0.1) is 0 Å². The van der Waals surface area contributed by atoms with E-state index in [9.17, 15) is 17.3 Å². The maximum atomic E-state index is 9.75. The highest BCUT2D eigenvalue weighted by molar-refractivity contribution is 7.86.